The van der Waals surface area contributed by atoms with Crippen LogP contribution in [-0.4, -0.2) is 22.6 Å². The maximum atomic E-state index is 13.2. The van der Waals surface area contributed by atoms with Crippen LogP contribution in [0.4, 0.5) is 0 Å². The molecule has 29 heavy (non-hydrogen) atoms. The number of fused-ring (bicyclic) bond motifs is 2. The van der Waals surface area contributed by atoms with Gasteiger partial charge < -0.3 is 15.6 Å². The van der Waals surface area contributed by atoms with E-state index in [0.717, 1.165) is 34.9 Å². The molecule has 0 radical (unpaired) electrons. The lowest BCUT2D eigenvalue weighted by atomic mass is 10.0. The lowest BCUT2D eigenvalue weighted by Crippen LogP contribution is -2.33. The summed E-state index contributed by atoms with van der Waals surface area (Å²) in [5.41, 5.74) is 9.54. The molecule has 0 saturated heterocycles. The topological polar surface area (TPSA) is 94.0 Å². The van der Waals surface area contributed by atoms with Gasteiger partial charge in [0, 0.05) is 18.2 Å². The smallest absolute Gasteiger partial charge is 0.259 e. The summed E-state index contributed by atoms with van der Waals surface area (Å²) in [4.78, 5) is 17.8. The van der Waals surface area contributed by atoms with Crippen molar-refractivity contribution in [2.45, 2.75) is 31.7 Å². The Hall–Kier alpha value is -3.25. The van der Waals surface area contributed by atoms with Gasteiger partial charge in [0.25, 0.3) is 11.6 Å². The molecule has 0 spiro atoms. The molecule has 6 nitrogen and oxygen atoms in total. The highest BCUT2D eigenvalue weighted by Crippen LogP contribution is 2.40. The van der Waals surface area contributed by atoms with E-state index in [1.54, 1.807) is 0 Å². The van der Waals surface area contributed by atoms with Crippen LogP contribution in [0.15, 0.2) is 53.1 Å². The number of amides is 1. The van der Waals surface area contributed by atoms with Crippen LogP contribution in [0.1, 0.15) is 52.1 Å². The van der Waals surface area contributed by atoms with Crippen LogP contribution < -0.4 is 11.1 Å². The summed E-state index contributed by atoms with van der Waals surface area (Å²) in [6.07, 6.45) is 2.18. The Morgan fingerprint density at radius 1 is 1.21 bits per heavy atom. The molecule has 0 bridgehead atoms. The van der Waals surface area contributed by atoms with Crippen LogP contribution >= 0.6 is 0 Å². The number of carbonyl (C=O) groups is 1. The molecule has 1 aliphatic carbocycles. The van der Waals surface area contributed by atoms with E-state index in [-0.39, 0.29) is 11.9 Å². The summed E-state index contributed by atoms with van der Waals surface area (Å²) in [5.74, 6) is 0.219. The van der Waals surface area contributed by atoms with Gasteiger partial charge in [-0.3, -0.25) is 4.79 Å². The first-order valence-corrected chi connectivity index (χ1v) is 9.90. The summed E-state index contributed by atoms with van der Waals surface area (Å²) >= 11 is 0. The van der Waals surface area contributed by atoms with Crippen molar-refractivity contribution in [3.05, 3.63) is 71.0 Å². The van der Waals surface area contributed by atoms with E-state index >= 15 is 0 Å². The molecule has 1 atom stereocenters. The normalized spacial score (nSPS) is 15.0. The highest BCUT2D eigenvalue weighted by molar-refractivity contribution is 6.06. The number of nitrogens with zero attached hydrogens (tertiary/aromatic N) is 2. The molecule has 1 fully saturated rings. The van der Waals surface area contributed by atoms with E-state index in [2.05, 4.69) is 39.7 Å². The summed E-state index contributed by atoms with van der Waals surface area (Å²) < 4.78 is 5.36. The predicted molar refractivity (Wildman–Crippen MR) is 112 cm³/mol. The Bertz CT molecular complexity index is 1230. The molecular weight excluding hydrogens is 364 g/mol. The molecule has 2 aromatic heterocycles. The van der Waals surface area contributed by atoms with Crippen LogP contribution in [0.3, 0.4) is 0 Å². The lowest BCUT2D eigenvalue weighted by Gasteiger charge is -2.18. The highest BCUT2D eigenvalue weighted by atomic mass is 16.5. The van der Waals surface area contributed by atoms with Gasteiger partial charge in [0.15, 0.2) is 0 Å². The number of rotatable bonds is 5. The zero-order valence-electron chi connectivity index (χ0n) is 16.2. The molecule has 2 aromatic carbocycles. The summed E-state index contributed by atoms with van der Waals surface area (Å²) in [6.45, 7) is 2.13. The van der Waals surface area contributed by atoms with Crippen molar-refractivity contribution in [1.82, 2.24) is 15.5 Å². The van der Waals surface area contributed by atoms with E-state index in [0.29, 0.717) is 34.8 Å². The van der Waals surface area contributed by atoms with E-state index in [9.17, 15) is 4.79 Å². The third-order valence-electron chi connectivity index (χ3n) is 5.59. The van der Waals surface area contributed by atoms with Gasteiger partial charge in [-0.25, -0.2) is 4.98 Å². The van der Waals surface area contributed by atoms with E-state index < -0.39 is 0 Å². The summed E-state index contributed by atoms with van der Waals surface area (Å²) in [6, 6.07) is 15.9. The van der Waals surface area contributed by atoms with E-state index in [1.807, 2.05) is 31.2 Å². The van der Waals surface area contributed by atoms with Gasteiger partial charge in [0.1, 0.15) is 0 Å². The van der Waals surface area contributed by atoms with E-state index in [4.69, 9.17) is 10.3 Å². The first kappa shape index (κ1) is 17.8. The van der Waals surface area contributed by atoms with Gasteiger partial charge in [-0.1, -0.05) is 41.6 Å². The van der Waals surface area contributed by atoms with Crippen LogP contribution in [0.5, 0.6) is 0 Å². The monoisotopic (exact) mass is 386 g/mol. The average molecular weight is 386 g/mol. The van der Waals surface area contributed by atoms with Gasteiger partial charge in [-0.2, -0.15) is 0 Å². The number of hydrogen-bond acceptors (Lipinski definition) is 5. The molecule has 4 aromatic rings. The fraction of sp³-hybridized carbons (Fsp3) is 0.261. The minimum absolute atomic E-state index is 0.186. The molecule has 146 valence electrons. The second kappa shape index (κ2) is 6.97. The Balaban J connectivity index is 1.50. The molecular formula is C23H22N4O2. The Kier molecular flexibility index (Phi) is 4.28. The Morgan fingerprint density at radius 3 is 2.76 bits per heavy atom. The minimum Gasteiger partial charge on any atom is -0.344 e. The van der Waals surface area contributed by atoms with Crippen molar-refractivity contribution in [2.75, 3.05) is 6.54 Å². The fourth-order valence-electron chi connectivity index (χ4n) is 3.82. The molecule has 3 N–H and O–H groups in total. The number of aromatic nitrogens is 2. The SMILES string of the molecule is Cc1noc2nc(C3CC3)cc(C(=O)NC(CN)c3ccc4ccccc4c3)c12. The second-order valence-electron chi connectivity index (χ2n) is 7.69. The number of nitrogens with two attached hydrogens (primary N) is 1. The third kappa shape index (κ3) is 3.25. The van der Waals surface area contributed by atoms with Gasteiger partial charge in [0.05, 0.1) is 22.7 Å². The molecule has 2 heterocycles. The van der Waals surface area contributed by atoms with Crippen molar-refractivity contribution >= 4 is 27.8 Å². The lowest BCUT2D eigenvalue weighted by molar-refractivity contribution is 0.0939. The maximum absolute atomic E-state index is 13.2. The Morgan fingerprint density at radius 2 is 2.00 bits per heavy atom. The third-order valence-corrected chi connectivity index (χ3v) is 5.59. The maximum Gasteiger partial charge on any atom is 0.259 e. The summed E-state index contributed by atoms with van der Waals surface area (Å²) in [5, 5.41) is 10.1. The Labute approximate surface area is 168 Å². The van der Waals surface area contributed by atoms with Crippen LogP contribution in [-0.2, 0) is 0 Å². The summed E-state index contributed by atoms with van der Waals surface area (Å²) in [7, 11) is 0. The van der Waals surface area contributed by atoms with Crippen molar-refractivity contribution in [3.8, 4) is 0 Å². The first-order chi connectivity index (χ1) is 14.1. The molecule has 1 saturated carbocycles. The first-order valence-electron chi connectivity index (χ1n) is 9.90. The number of pyridine rings is 1. The van der Waals surface area contributed by atoms with Gasteiger partial charge in [-0.15, -0.1) is 0 Å². The van der Waals surface area contributed by atoms with Gasteiger partial charge in [-0.05, 0) is 48.2 Å². The molecule has 1 unspecified atom stereocenters. The van der Waals surface area contributed by atoms with Crippen molar-refractivity contribution in [2.24, 2.45) is 5.73 Å². The van der Waals surface area contributed by atoms with Crippen LogP contribution in [0.2, 0.25) is 0 Å². The van der Waals surface area contributed by atoms with Crippen LogP contribution in [0.25, 0.3) is 21.9 Å². The van der Waals surface area contributed by atoms with E-state index in [1.165, 1.54) is 0 Å². The number of nitrogens with one attached hydrogen (secondary N) is 1. The van der Waals surface area contributed by atoms with Crippen molar-refractivity contribution < 1.29 is 9.32 Å². The average Bonchev–Trinajstić information content (AvgIpc) is 3.54. The molecule has 1 amide bonds. The highest BCUT2D eigenvalue weighted by Gasteiger charge is 2.29. The largest absolute Gasteiger partial charge is 0.344 e. The van der Waals surface area contributed by atoms with Crippen molar-refractivity contribution in [1.29, 1.82) is 0 Å². The molecule has 1 aliphatic rings. The van der Waals surface area contributed by atoms with Gasteiger partial charge >= 0.3 is 0 Å². The second-order valence-corrected chi connectivity index (χ2v) is 7.69. The van der Waals surface area contributed by atoms with Crippen LogP contribution in [0, 0.1) is 6.92 Å². The predicted octanol–water partition coefficient (Wildman–Crippen LogP) is 3.99. The zero-order valence-corrected chi connectivity index (χ0v) is 16.2. The molecule has 6 heteroatoms. The molecule has 5 rings (SSSR count). The van der Waals surface area contributed by atoms with Crippen molar-refractivity contribution in [3.63, 3.8) is 0 Å². The number of hydrogen-bond donors (Lipinski definition) is 2. The minimum atomic E-state index is -0.292. The number of benzene rings is 2. The number of aryl methyl sites for hydroxylation is 1. The number of carbonyl (C=O) groups excluding carboxylic acids is 1. The fourth-order valence-corrected chi connectivity index (χ4v) is 3.82. The standard InChI is InChI=1S/C23H22N4O2/c1-13-21-18(11-19(15-7-8-15)26-23(21)29-27-13)22(28)25-20(12-24)17-9-6-14-4-2-3-5-16(14)10-17/h2-6,9-11,15,20H,7-8,12,24H2,1H3,(H,25,28). The van der Waals surface area contributed by atoms with Gasteiger partial charge in [0.2, 0.25) is 0 Å². The zero-order chi connectivity index (χ0) is 20.0. The quantitative estimate of drug-likeness (QED) is 0.541. The molecule has 0 aliphatic heterocycles.